The van der Waals surface area contributed by atoms with Gasteiger partial charge in [-0.2, -0.15) is 0 Å². The van der Waals surface area contributed by atoms with Crippen LogP contribution in [0.25, 0.3) is 10.9 Å². The highest BCUT2D eigenvalue weighted by Crippen LogP contribution is 2.18. The molecule has 5 N–H and O–H groups in total. The second-order valence-corrected chi connectivity index (χ2v) is 5.86. The maximum absolute atomic E-state index is 12.6. The summed E-state index contributed by atoms with van der Waals surface area (Å²) in [6, 6.07) is 6.71. The first kappa shape index (κ1) is 19.2. The van der Waals surface area contributed by atoms with Gasteiger partial charge in [-0.25, -0.2) is 0 Å². The number of carbonyl (C=O) groups is 2. The first-order valence-electron chi connectivity index (χ1n) is 8.33. The minimum atomic E-state index is -0.720. The molecule has 1 aromatic carbocycles. The van der Waals surface area contributed by atoms with E-state index in [0.29, 0.717) is 12.8 Å². The van der Waals surface area contributed by atoms with E-state index in [1.807, 2.05) is 30.5 Å². The van der Waals surface area contributed by atoms with Crippen LogP contribution in [0.5, 0.6) is 0 Å². The lowest BCUT2D eigenvalue weighted by Crippen LogP contribution is -2.50. The van der Waals surface area contributed by atoms with Gasteiger partial charge in [0.25, 0.3) is 0 Å². The lowest BCUT2D eigenvalue weighted by molar-refractivity contribution is -0.123. The molecule has 6 nitrogen and oxygen atoms in total. The zero-order valence-corrected chi connectivity index (χ0v) is 14.6. The van der Waals surface area contributed by atoms with Crippen LogP contribution < -0.4 is 16.4 Å². The van der Waals surface area contributed by atoms with Crippen LogP contribution in [0.4, 0.5) is 0 Å². The minimum absolute atomic E-state index is 0.237. The van der Waals surface area contributed by atoms with E-state index in [1.54, 1.807) is 18.2 Å². The van der Waals surface area contributed by atoms with Gasteiger partial charge in [-0.05, 0) is 23.6 Å². The Morgan fingerprint density at radius 2 is 2.08 bits per heavy atom. The SMILES string of the molecule is C=C/C=C(\C=C)C(CNC=O)NC(=O)C(N)Cc1c[nH]c2ccccc12. The van der Waals surface area contributed by atoms with Crippen molar-refractivity contribution in [3.05, 3.63) is 73.0 Å². The number of aromatic nitrogens is 1. The van der Waals surface area contributed by atoms with Crippen molar-refractivity contribution in [2.75, 3.05) is 6.54 Å². The molecule has 2 amide bonds. The molecule has 0 radical (unpaired) electrons. The van der Waals surface area contributed by atoms with Gasteiger partial charge in [-0.3, -0.25) is 9.59 Å². The van der Waals surface area contributed by atoms with Crippen molar-refractivity contribution in [3.63, 3.8) is 0 Å². The van der Waals surface area contributed by atoms with Gasteiger partial charge in [0, 0.05) is 23.6 Å². The molecule has 0 saturated carbocycles. The quantitative estimate of drug-likeness (QED) is 0.386. The molecule has 0 saturated heterocycles. The first-order valence-corrected chi connectivity index (χ1v) is 8.33. The number of hydrogen-bond donors (Lipinski definition) is 4. The summed E-state index contributed by atoms with van der Waals surface area (Å²) in [5.74, 6) is -0.301. The molecule has 136 valence electrons. The summed E-state index contributed by atoms with van der Waals surface area (Å²) in [4.78, 5) is 26.3. The highest BCUT2D eigenvalue weighted by Gasteiger charge is 2.21. The Morgan fingerprint density at radius 1 is 1.31 bits per heavy atom. The van der Waals surface area contributed by atoms with Crippen molar-refractivity contribution >= 4 is 23.2 Å². The molecule has 0 spiro atoms. The van der Waals surface area contributed by atoms with Gasteiger partial charge in [0.15, 0.2) is 0 Å². The van der Waals surface area contributed by atoms with Crippen molar-refractivity contribution in [2.24, 2.45) is 5.73 Å². The van der Waals surface area contributed by atoms with E-state index in [4.69, 9.17) is 5.73 Å². The standard InChI is InChI=1S/C20H24N4O2/c1-3-7-14(4-2)19(12-22-13-25)24-20(26)17(21)10-15-11-23-18-9-6-5-8-16(15)18/h3-9,11,13,17,19,23H,1-2,10,12,21H2,(H,22,25)(H,24,26)/b14-7+. The minimum Gasteiger partial charge on any atom is -0.361 e. The third-order valence-corrected chi connectivity index (χ3v) is 4.12. The van der Waals surface area contributed by atoms with E-state index < -0.39 is 12.1 Å². The summed E-state index contributed by atoms with van der Waals surface area (Å²) in [5.41, 5.74) is 8.84. The second-order valence-electron chi connectivity index (χ2n) is 5.86. The second kappa shape index (κ2) is 9.39. The predicted molar refractivity (Wildman–Crippen MR) is 104 cm³/mol. The van der Waals surface area contributed by atoms with Crippen molar-refractivity contribution in [1.82, 2.24) is 15.6 Å². The van der Waals surface area contributed by atoms with E-state index in [-0.39, 0.29) is 12.5 Å². The van der Waals surface area contributed by atoms with Crippen LogP contribution in [0.15, 0.2) is 67.4 Å². The number of amides is 2. The largest absolute Gasteiger partial charge is 0.361 e. The smallest absolute Gasteiger partial charge is 0.237 e. The molecule has 0 fully saturated rings. The van der Waals surface area contributed by atoms with Gasteiger partial charge >= 0.3 is 0 Å². The molecule has 0 bridgehead atoms. The van der Waals surface area contributed by atoms with Crippen LogP contribution in [0.3, 0.4) is 0 Å². The van der Waals surface area contributed by atoms with Crippen LogP contribution in [-0.4, -0.2) is 35.9 Å². The fraction of sp³-hybridized carbons (Fsp3) is 0.200. The average Bonchev–Trinajstić information content (AvgIpc) is 3.06. The third-order valence-electron chi connectivity index (χ3n) is 4.12. The molecular formula is C20H24N4O2. The Bertz CT molecular complexity index is 822. The van der Waals surface area contributed by atoms with Crippen LogP contribution in [0.2, 0.25) is 0 Å². The maximum Gasteiger partial charge on any atom is 0.237 e. The molecule has 2 aromatic rings. The molecule has 6 heteroatoms. The molecule has 2 rings (SSSR count). The molecule has 1 heterocycles. The van der Waals surface area contributed by atoms with E-state index >= 15 is 0 Å². The molecule has 26 heavy (non-hydrogen) atoms. The van der Waals surface area contributed by atoms with E-state index in [0.717, 1.165) is 22.0 Å². The van der Waals surface area contributed by atoms with Gasteiger partial charge in [-0.1, -0.05) is 49.6 Å². The Hall–Kier alpha value is -3.12. The highest BCUT2D eigenvalue weighted by molar-refractivity contribution is 5.86. The highest BCUT2D eigenvalue weighted by atomic mass is 16.2. The number of allylic oxidation sites excluding steroid dienone is 2. The summed E-state index contributed by atoms with van der Waals surface area (Å²) in [6.07, 6.45) is 7.80. The fourth-order valence-corrected chi connectivity index (χ4v) is 2.79. The topological polar surface area (TPSA) is 100 Å². The van der Waals surface area contributed by atoms with Gasteiger partial charge < -0.3 is 21.4 Å². The Morgan fingerprint density at radius 3 is 2.77 bits per heavy atom. The normalized spacial score (nSPS) is 13.7. The lowest BCUT2D eigenvalue weighted by atomic mass is 10.0. The fourth-order valence-electron chi connectivity index (χ4n) is 2.79. The number of nitrogens with one attached hydrogen (secondary N) is 3. The summed E-state index contributed by atoms with van der Waals surface area (Å²) < 4.78 is 0. The molecule has 2 unspecified atom stereocenters. The van der Waals surface area contributed by atoms with E-state index in [2.05, 4.69) is 28.8 Å². The number of benzene rings is 1. The number of hydrogen-bond acceptors (Lipinski definition) is 3. The van der Waals surface area contributed by atoms with Gasteiger partial charge in [-0.15, -0.1) is 0 Å². The number of aromatic amines is 1. The first-order chi connectivity index (χ1) is 12.6. The Balaban J connectivity index is 2.09. The zero-order chi connectivity index (χ0) is 18.9. The predicted octanol–water partition coefficient (Wildman–Crippen LogP) is 1.57. The number of H-pyrrole nitrogens is 1. The van der Waals surface area contributed by atoms with Crippen molar-refractivity contribution in [1.29, 1.82) is 0 Å². The van der Waals surface area contributed by atoms with Gasteiger partial charge in [0.1, 0.15) is 0 Å². The molecule has 1 aromatic heterocycles. The lowest BCUT2D eigenvalue weighted by Gasteiger charge is -2.22. The zero-order valence-electron chi connectivity index (χ0n) is 14.6. The van der Waals surface area contributed by atoms with Crippen molar-refractivity contribution < 1.29 is 9.59 Å². The summed E-state index contributed by atoms with van der Waals surface area (Å²) >= 11 is 0. The molecular weight excluding hydrogens is 328 g/mol. The van der Waals surface area contributed by atoms with E-state index in [9.17, 15) is 9.59 Å². The number of para-hydroxylation sites is 1. The molecule has 0 aliphatic heterocycles. The Kier molecular flexibility index (Phi) is 6.93. The van der Waals surface area contributed by atoms with Gasteiger partial charge in [0.2, 0.25) is 12.3 Å². The average molecular weight is 352 g/mol. The number of fused-ring (bicyclic) bond motifs is 1. The Labute approximate surface area is 152 Å². The molecule has 0 aliphatic carbocycles. The van der Waals surface area contributed by atoms with Crippen molar-refractivity contribution in [3.8, 4) is 0 Å². The third kappa shape index (κ3) is 4.70. The number of nitrogens with two attached hydrogens (primary N) is 1. The van der Waals surface area contributed by atoms with Crippen LogP contribution in [0.1, 0.15) is 5.56 Å². The van der Waals surface area contributed by atoms with Crippen LogP contribution in [0, 0.1) is 0 Å². The monoisotopic (exact) mass is 352 g/mol. The maximum atomic E-state index is 12.6. The summed E-state index contributed by atoms with van der Waals surface area (Å²) in [6.45, 7) is 7.62. The van der Waals surface area contributed by atoms with E-state index in [1.165, 1.54) is 0 Å². The summed E-state index contributed by atoms with van der Waals surface area (Å²) in [5, 5.41) is 6.49. The van der Waals surface area contributed by atoms with Crippen LogP contribution in [-0.2, 0) is 16.0 Å². The molecule has 2 atom stereocenters. The van der Waals surface area contributed by atoms with Gasteiger partial charge in [0.05, 0.1) is 12.1 Å². The summed E-state index contributed by atoms with van der Waals surface area (Å²) in [7, 11) is 0. The van der Waals surface area contributed by atoms with Crippen LogP contribution >= 0.6 is 0 Å². The van der Waals surface area contributed by atoms with Crippen molar-refractivity contribution in [2.45, 2.75) is 18.5 Å². The number of rotatable bonds is 10. The number of carbonyl (C=O) groups excluding carboxylic acids is 2. The molecule has 0 aliphatic rings.